The summed E-state index contributed by atoms with van der Waals surface area (Å²) in [5.41, 5.74) is -0.197. The van der Waals surface area contributed by atoms with Crippen LogP contribution in [0.15, 0.2) is 39.0 Å². The normalized spacial score (nSPS) is 14.7. The van der Waals surface area contributed by atoms with Crippen molar-refractivity contribution in [2.75, 3.05) is 5.75 Å². The van der Waals surface area contributed by atoms with Gasteiger partial charge in [-0.1, -0.05) is 23.7 Å². The summed E-state index contributed by atoms with van der Waals surface area (Å²) in [5.74, 6) is 0.148. The summed E-state index contributed by atoms with van der Waals surface area (Å²) >= 11 is 5.91. The molecule has 0 spiro atoms. The Morgan fingerprint density at radius 2 is 1.75 bits per heavy atom. The topological polar surface area (TPSA) is 96.0 Å². The van der Waals surface area contributed by atoms with E-state index in [0.29, 0.717) is 5.02 Å². The molecule has 10 heteroatoms. The highest BCUT2D eigenvalue weighted by Gasteiger charge is 2.33. The van der Waals surface area contributed by atoms with Crippen molar-refractivity contribution in [3.63, 3.8) is 0 Å². The van der Waals surface area contributed by atoms with Crippen LogP contribution < -0.4 is 11.2 Å². The van der Waals surface area contributed by atoms with Crippen LogP contribution in [0, 0.1) is 5.92 Å². The van der Waals surface area contributed by atoms with Crippen LogP contribution >= 0.6 is 11.6 Å². The standard InChI is InChI=1S/C18H19ClN4O4S/c1-21-14-15(20-17(21)28(26,27)10-12-3-4-12)23(18(25)22(2)16(14)24)9-11-5-7-13(19)8-6-11/h5-8,12H,3-4,9-10H2,1-2H3. The second kappa shape index (κ2) is 6.59. The number of aryl methyl sites for hydroxylation is 1. The van der Waals surface area contributed by atoms with E-state index in [1.54, 1.807) is 24.3 Å². The highest BCUT2D eigenvalue weighted by atomic mass is 35.5. The lowest BCUT2D eigenvalue weighted by atomic mass is 10.2. The van der Waals surface area contributed by atoms with Crippen LogP contribution in [0.4, 0.5) is 0 Å². The smallest absolute Gasteiger partial charge is 0.312 e. The Hall–Kier alpha value is -2.39. The molecular formula is C18H19ClN4O4S. The number of nitrogens with zero attached hydrogens (tertiary/aromatic N) is 4. The summed E-state index contributed by atoms with van der Waals surface area (Å²) in [6, 6.07) is 6.93. The lowest BCUT2D eigenvalue weighted by molar-refractivity contribution is 0.576. The van der Waals surface area contributed by atoms with Crippen molar-refractivity contribution >= 4 is 32.6 Å². The maximum atomic E-state index is 12.8. The SMILES string of the molecule is Cn1c(=O)c2c(nc(S(=O)(=O)CC3CC3)n2C)n(Cc2ccc(Cl)cc2)c1=O. The van der Waals surface area contributed by atoms with Gasteiger partial charge in [-0.05, 0) is 36.5 Å². The number of benzene rings is 1. The molecular weight excluding hydrogens is 404 g/mol. The molecule has 0 radical (unpaired) electrons. The molecule has 0 amide bonds. The summed E-state index contributed by atoms with van der Waals surface area (Å²) in [7, 11) is -0.794. The molecule has 1 saturated carbocycles. The zero-order chi connectivity index (χ0) is 20.2. The lowest BCUT2D eigenvalue weighted by Gasteiger charge is -2.09. The van der Waals surface area contributed by atoms with Gasteiger partial charge in [-0.15, -0.1) is 0 Å². The monoisotopic (exact) mass is 422 g/mol. The first-order valence-electron chi connectivity index (χ1n) is 8.82. The number of hydrogen-bond acceptors (Lipinski definition) is 5. The predicted molar refractivity (Wildman–Crippen MR) is 106 cm³/mol. The van der Waals surface area contributed by atoms with Gasteiger partial charge in [0, 0.05) is 19.1 Å². The summed E-state index contributed by atoms with van der Waals surface area (Å²) in [4.78, 5) is 29.6. The Bertz CT molecular complexity index is 1300. The molecule has 1 fully saturated rings. The van der Waals surface area contributed by atoms with Crippen LogP contribution in [-0.2, 0) is 30.5 Å². The fraction of sp³-hybridized carbons (Fsp3) is 0.389. The molecule has 1 aliphatic rings. The second-order valence-corrected chi connectivity index (χ2v) is 9.57. The van der Waals surface area contributed by atoms with Crippen LogP contribution in [0.1, 0.15) is 18.4 Å². The molecule has 3 aromatic rings. The Labute approximate surface area is 165 Å². The van der Waals surface area contributed by atoms with Gasteiger partial charge in [-0.2, -0.15) is 4.98 Å². The maximum Gasteiger partial charge on any atom is 0.332 e. The van der Waals surface area contributed by atoms with Crippen LogP contribution in [0.3, 0.4) is 0 Å². The minimum absolute atomic E-state index is 0.00585. The number of fused-ring (bicyclic) bond motifs is 1. The molecule has 0 bridgehead atoms. The largest absolute Gasteiger partial charge is 0.332 e. The van der Waals surface area contributed by atoms with Crippen molar-refractivity contribution in [3.8, 4) is 0 Å². The highest BCUT2D eigenvalue weighted by molar-refractivity contribution is 7.91. The summed E-state index contributed by atoms with van der Waals surface area (Å²) in [6.07, 6.45) is 1.76. The van der Waals surface area contributed by atoms with Crippen molar-refractivity contribution in [1.82, 2.24) is 18.7 Å². The Balaban J connectivity index is 1.94. The Morgan fingerprint density at radius 1 is 1.11 bits per heavy atom. The van der Waals surface area contributed by atoms with E-state index in [1.165, 1.54) is 23.2 Å². The molecule has 148 valence electrons. The molecule has 0 saturated heterocycles. The third-order valence-corrected chi connectivity index (χ3v) is 7.08. The van der Waals surface area contributed by atoms with Gasteiger partial charge in [0.05, 0.1) is 12.3 Å². The van der Waals surface area contributed by atoms with E-state index in [-0.39, 0.29) is 34.5 Å². The summed E-state index contributed by atoms with van der Waals surface area (Å²) in [5, 5.41) is 0.384. The third-order valence-electron chi connectivity index (χ3n) is 5.00. The van der Waals surface area contributed by atoms with Gasteiger partial charge in [0.1, 0.15) is 0 Å². The molecule has 4 rings (SSSR count). The van der Waals surface area contributed by atoms with E-state index in [2.05, 4.69) is 4.98 Å². The molecule has 0 aliphatic heterocycles. The first-order chi connectivity index (χ1) is 13.2. The molecule has 0 atom stereocenters. The number of hydrogen-bond donors (Lipinski definition) is 0. The highest BCUT2D eigenvalue weighted by Crippen LogP contribution is 2.32. The van der Waals surface area contributed by atoms with Crippen LogP contribution in [-0.4, -0.2) is 32.9 Å². The Morgan fingerprint density at radius 3 is 2.36 bits per heavy atom. The van der Waals surface area contributed by atoms with E-state index >= 15 is 0 Å². The van der Waals surface area contributed by atoms with Crippen molar-refractivity contribution in [2.45, 2.75) is 24.5 Å². The zero-order valence-electron chi connectivity index (χ0n) is 15.4. The maximum absolute atomic E-state index is 12.8. The van der Waals surface area contributed by atoms with E-state index in [1.807, 2.05) is 0 Å². The van der Waals surface area contributed by atoms with Gasteiger partial charge < -0.3 is 4.57 Å². The summed E-state index contributed by atoms with van der Waals surface area (Å²) in [6.45, 7) is 0.139. The molecule has 2 aromatic heterocycles. The average Bonchev–Trinajstić information content (AvgIpc) is 3.37. The average molecular weight is 423 g/mol. The van der Waals surface area contributed by atoms with E-state index in [4.69, 9.17) is 11.6 Å². The van der Waals surface area contributed by atoms with Gasteiger partial charge in [0.2, 0.25) is 15.0 Å². The molecule has 2 heterocycles. The molecule has 1 aliphatic carbocycles. The fourth-order valence-corrected chi connectivity index (χ4v) is 5.23. The van der Waals surface area contributed by atoms with Crippen LogP contribution in [0.5, 0.6) is 0 Å². The predicted octanol–water partition coefficient (Wildman–Crippen LogP) is 1.32. The number of sulfone groups is 1. The molecule has 0 N–H and O–H groups in total. The van der Waals surface area contributed by atoms with Crippen molar-refractivity contribution in [3.05, 3.63) is 55.7 Å². The van der Waals surface area contributed by atoms with Gasteiger partial charge in [0.15, 0.2) is 11.2 Å². The fourth-order valence-electron chi connectivity index (χ4n) is 3.27. The molecule has 1 aromatic carbocycles. The molecule has 8 nitrogen and oxygen atoms in total. The van der Waals surface area contributed by atoms with E-state index in [0.717, 1.165) is 23.0 Å². The van der Waals surface area contributed by atoms with E-state index < -0.39 is 21.1 Å². The second-order valence-electron chi connectivity index (χ2n) is 7.21. The molecule has 0 unspecified atom stereocenters. The number of halogens is 1. The van der Waals surface area contributed by atoms with E-state index in [9.17, 15) is 18.0 Å². The summed E-state index contributed by atoms with van der Waals surface area (Å²) < 4.78 is 29.1. The van der Waals surface area contributed by atoms with Crippen molar-refractivity contribution in [1.29, 1.82) is 0 Å². The van der Waals surface area contributed by atoms with Gasteiger partial charge in [-0.3, -0.25) is 13.9 Å². The zero-order valence-corrected chi connectivity index (χ0v) is 17.0. The van der Waals surface area contributed by atoms with Crippen LogP contribution in [0.25, 0.3) is 11.2 Å². The van der Waals surface area contributed by atoms with Crippen molar-refractivity contribution in [2.24, 2.45) is 20.0 Å². The van der Waals surface area contributed by atoms with Gasteiger partial charge >= 0.3 is 5.69 Å². The first-order valence-corrected chi connectivity index (χ1v) is 10.9. The molecule has 28 heavy (non-hydrogen) atoms. The van der Waals surface area contributed by atoms with Crippen molar-refractivity contribution < 1.29 is 8.42 Å². The van der Waals surface area contributed by atoms with Gasteiger partial charge in [0.25, 0.3) is 5.56 Å². The van der Waals surface area contributed by atoms with Gasteiger partial charge in [-0.25, -0.2) is 13.2 Å². The minimum Gasteiger partial charge on any atom is -0.312 e. The third kappa shape index (κ3) is 3.18. The number of aromatic nitrogens is 4. The Kier molecular flexibility index (Phi) is 4.46. The number of rotatable bonds is 5. The number of imidazole rings is 1. The minimum atomic E-state index is -3.66. The lowest BCUT2D eigenvalue weighted by Crippen LogP contribution is -2.38. The first kappa shape index (κ1) is 18.9. The quantitative estimate of drug-likeness (QED) is 0.617. The van der Waals surface area contributed by atoms with Crippen LogP contribution in [0.2, 0.25) is 5.02 Å².